The Morgan fingerprint density at radius 1 is 1.27 bits per heavy atom. The summed E-state index contributed by atoms with van der Waals surface area (Å²) in [4.78, 5) is 7.43. The van der Waals surface area contributed by atoms with Crippen molar-refractivity contribution in [1.82, 2.24) is 9.97 Å². The van der Waals surface area contributed by atoms with Crippen molar-refractivity contribution in [3.8, 4) is 11.8 Å². The monoisotopic (exact) mass is 347 g/mol. The molecule has 0 aliphatic heterocycles. The molecule has 5 nitrogen and oxygen atoms in total. The third-order valence-corrected chi connectivity index (χ3v) is 4.18. The molecular weight excluding hydrogens is 326 g/mol. The van der Waals surface area contributed by atoms with Crippen LogP contribution in [-0.2, 0) is 0 Å². The van der Waals surface area contributed by atoms with Gasteiger partial charge in [-0.25, -0.2) is 4.98 Å². The number of hydrogen-bond donors (Lipinski definition) is 2. The SMILES string of the molecule is Cc1ccc(C(C)C)c(OCC(O)=C(C#N)c2nc3ccccc3[nH]2)c1. The molecule has 1 aromatic heterocycles. The van der Waals surface area contributed by atoms with Crippen molar-refractivity contribution in [2.75, 3.05) is 6.61 Å². The van der Waals surface area contributed by atoms with E-state index < -0.39 is 0 Å². The van der Waals surface area contributed by atoms with E-state index in [2.05, 4.69) is 23.8 Å². The molecule has 0 saturated carbocycles. The van der Waals surface area contributed by atoms with E-state index in [0.717, 1.165) is 22.2 Å². The molecule has 26 heavy (non-hydrogen) atoms. The first-order valence-electron chi connectivity index (χ1n) is 8.50. The summed E-state index contributed by atoms with van der Waals surface area (Å²) >= 11 is 0. The highest BCUT2D eigenvalue weighted by Crippen LogP contribution is 2.28. The lowest BCUT2D eigenvalue weighted by molar-refractivity contribution is 0.270. The second-order valence-corrected chi connectivity index (χ2v) is 6.52. The van der Waals surface area contributed by atoms with Crippen LogP contribution in [0.4, 0.5) is 0 Å². The van der Waals surface area contributed by atoms with E-state index in [-0.39, 0.29) is 17.9 Å². The zero-order valence-corrected chi connectivity index (χ0v) is 15.1. The van der Waals surface area contributed by atoms with E-state index in [1.54, 1.807) is 0 Å². The number of rotatable bonds is 5. The molecule has 2 N–H and O–H groups in total. The normalized spacial score (nSPS) is 12.1. The van der Waals surface area contributed by atoms with Crippen LogP contribution in [0.5, 0.6) is 5.75 Å². The topological polar surface area (TPSA) is 81.9 Å². The number of aliphatic hydroxyl groups is 1. The van der Waals surface area contributed by atoms with Gasteiger partial charge in [0.1, 0.15) is 24.0 Å². The number of nitrogens with one attached hydrogen (secondary N) is 1. The number of nitriles is 1. The highest BCUT2D eigenvalue weighted by molar-refractivity contribution is 5.82. The Labute approximate surface area is 152 Å². The van der Waals surface area contributed by atoms with Crippen molar-refractivity contribution < 1.29 is 9.84 Å². The number of para-hydroxylation sites is 2. The van der Waals surface area contributed by atoms with Crippen LogP contribution in [0.2, 0.25) is 0 Å². The minimum absolute atomic E-state index is 0.0833. The van der Waals surface area contributed by atoms with Crippen molar-refractivity contribution in [2.24, 2.45) is 0 Å². The number of fused-ring (bicyclic) bond motifs is 1. The van der Waals surface area contributed by atoms with E-state index in [4.69, 9.17) is 4.74 Å². The molecule has 0 fully saturated rings. The summed E-state index contributed by atoms with van der Waals surface area (Å²) in [6.45, 7) is 6.07. The molecule has 132 valence electrons. The summed E-state index contributed by atoms with van der Waals surface area (Å²) in [5.74, 6) is 1.20. The molecule has 0 spiro atoms. The lowest BCUT2D eigenvalue weighted by atomic mass is 10.0. The number of ether oxygens (including phenoxy) is 1. The molecule has 0 saturated heterocycles. The van der Waals surface area contributed by atoms with Crippen molar-refractivity contribution in [3.63, 3.8) is 0 Å². The number of aromatic nitrogens is 2. The quantitative estimate of drug-likeness (QED) is 0.510. The van der Waals surface area contributed by atoms with Crippen LogP contribution < -0.4 is 4.74 Å². The third-order valence-electron chi connectivity index (χ3n) is 4.18. The van der Waals surface area contributed by atoms with Crippen LogP contribution in [0.3, 0.4) is 0 Å². The first-order chi connectivity index (χ1) is 12.5. The van der Waals surface area contributed by atoms with Crippen LogP contribution >= 0.6 is 0 Å². The number of allylic oxidation sites excluding steroid dienone is 1. The highest BCUT2D eigenvalue weighted by atomic mass is 16.5. The highest BCUT2D eigenvalue weighted by Gasteiger charge is 2.15. The summed E-state index contributed by atoms with van der Waals surface area (Å²) in [6, 6.07) is 15.5. The number of aromatic amines is 1. The van der Waals surface area contributed by atoms with Gasteiger partial charge >= 0.3 is 0 Å². The lowest BCUT2D eigenvalue weighted by Crippen LogP contribution is -2.06. The number of imidazole rings is 1. The molecule has 3 rings (SSSR count). The Bertz CT molecular complexity index is 977. The van der Waals surface area contributed by atoms with E-state index in [0.29, 0.717) is 17.5 Å². The first kappa shape index (κ1) is 17.6. The van der Waals surface area contributed by atoms with E-state index in [9.17, 15) is 10.4 Å². The Balaban J connectivity index is 1.88. The summed E-state index contributed by atoms with van der Waals surface area (Å²) in [7, 11) is 0. The molecule has 0 unspecified atom stereocenters. The summed E-state index contributed by atoms with van der Waals surface area (Å²) in [5, 5.41) is 19.9. The van der Waals surface area contributed by atoms with Crippen LogP contribution in [0.15, 0.2) is 48.2 Å². The number of aryl methyl sites for hydroxylation is 1. The Morgan fingerprint density at radius 2 is 2.04 bits per heavy atom. The molecule has 0 radical (unpaired) electrons. The maximum absolute atomic E-state index is 10.4. The Hall–Kier alpha value is -3.26. The zero-order valence-electron chi connectivity index (χ0n) is 15.1. The summed E-state index contributed by atoms with van der Waals surface area (Å²) in [6.07, 6.45) is 0. The Morgan fingerprint density at radius 3 is 2.73 bits per heavy atom. The fourth-order valence-corrected chi connectivity index (χ4v) is 2.79. The third kappa shape index (κ3) is 3.55. The van der Waals surface area contributed by atoms with Gasteiger partial charge in [0.15, 0.2) is 11.6 Å². The van der Waals surface area contributed by atoms with Crippen LogP contribution in [-0.4, -0.2) is 21.7 Å². The molecule has 3 aromatic rings. The van der Waals surface area contributed by atoms with E-state index >= 15 is 0 Å². The van der Waals surface area contributed by atoms with Crippen LogP contribution in [0.1, 0.15) is 36.7 Å². The van der Waals surface area contributed by atoms with Gasteiger partial charge in [-0.1, -0.05) is 38.1 Å². The molecule has 0 amide bonds. The number of aliphatic hydroxyl groups excluding tert-OH is 1. The van der Waals surface area contributed by atoms with Gasteiger partial charge in [-0.3, -0.25) is 0 Å². The average molecular weight is 347 g/mol. The van der Waals surface area contributed by atoms with Crippen molar-refractivity contribution in [3.05, 3.63) is 65.2 Å². The molecule has 0 bridgehead atoms. The molecule has 5 heteroatoms. The molecule has 0 aliphatic rings. The van der Waals surface area contributed by atoms with Crippen molar-refractivity contribution >= 4 is 16.6 Å². The Kier molecular flexibility index (Phi) is 4.94. The number of nitrogens with zero attached hydrogens (tertiary/aromatic N) is 2. The number of H-pyrrole nitrogens is 1. The fourth-order valence-electron chi connectivity index (χ4n) is 2.79. The molecular formula is C21H21N3O2. The number of benzene rings is 2. The minimum Gasteiger partial charge on any atom is -0.507 e. The molecule has 0 atom stereocenters. The zero-order chi connectivity index (χ0) is 18.7. The minimum atomic E-state index is -0.150. The maximum Gasteiger partial charge on any atom is 0.152 e. The van der Waals surface area contributed by atoms with Gasteiger partial charge < -0.3 is 14.8 Å². The fraction of sp³-hybridized carbons (Fsp3) is 0.238. The van der Waals surface area contributed by atoms with E-state index in [1.165, 1.54) is 0 Å². The predicted molar refractivity (Wildman–Crippen MR) is 102 cm³/mol. The second kappa shape index (κ2) is 7.32. The first-order valence-corrected chi connectivity index (χ1v) is 8.50. The summed E-state index contributed by atoms with van der Waals surface area (Å²) < 4.78 is 5.82. The smallest absolute Gasteiger partial charge is 0.152 e. The standard InChI is InChI=1S/C21H21N3O2/c1-13(2)15-9-8-14(3)10-20(15)26-12-19(25)16(11-22)21-23-17-6-4-5-7-18(17)24-21/h4-10,13,25H,12H2,1-3H3,(H,23,24). The largest absolute Gasteiger partial charge is 0.507 e. The maximum atomic E-state index is 10.4. The molecule has 1 heterocycles. The van der Waals surface area contributed by atoms with Gasteiger partial charge in [0.05, 0.1) is 11.0 Å². The van der Waals surface area contributed by atoms with Crippen molar-refractivity contribution in [2.45, 2.75) is 26.7 Å². The van der Waals surface area contributed by atoms with Crippen molar-refractivity contribution in [1.29, 1.82) is 5.26 Å². The van der Waals surface area contributed by atoms with Gasteiger partial charge in [-0.15, -0.1) is 0 Å². The lowest BCUT2D eigenvalue weighted by Gasteiger charge is -2.15. The van der Waals surface area contributed by atoms with Gasteiger partial charge in [-0.2, -0.15) is 5.26 Å². The van der Waals surface area contributed by atoms with E-state index in [1.807, 2.05) is 55.5 Å². The average Bonchev–Trinajstić information content (AvgIpc) is 3.04. The number of hydrogen-bond acceptors (Lipinski definition) is 4. The summed E-state index contributed by atoms with van der Waals surface area (Å²) in [5.41, 5.74) is 3.77. The second-order valence-electron chi connectivity index (χ2n) is 6.52. The van der Waals surface area contributed by atoms with Crippen LogP contribution in [0.25, 0.3) is 16.6 Å². The van der Waals surface area contributed by atoms with Gasteiger partial charge in [0.2, 0.25) is 0 Å². The van der Waals surface area contributed by atoms with Gasteiger partial charge in [0.25, 0.3) is 0 Å². The van der Waals surface area contributed by atoms with Crippen LogP contribution in [0, 0.1) is 18.3 Å². The molecule has 0 aliphatic carbocycles. The predicted octanol–water partition coefficient (Wildman–Crippen LogP) is 4.87. The van der Waals surface area contributed by atoms with Gasteiger partial charge in [-0.05, 0) is 42.2 Å². The van der Waals surface area contributed by atoms with Gasteiger partial charge in [0, 0.05) is 0 Å². The molecule has 2 aromatic carbocycles.